The molecule has 0 saturated heterocycles. The van der Waals surface area contributed by atoms with Gasteiger partial charge >= 0.3 is 6.01 Å². The lowest BCUT2D eigenvalue weighted by Crippen LogP contribution is -2.15. The van der Waals surface area contributed by atoms with Gasteiger partial charge in [0.2, 0.25) is 5.88 Å². The van der Waals surface area contributed by atoms with Gasteiger partial charge in [0, 0.05) is 28.9 Å². The largest absolute Gasteiger partial charge is 0.505 e. The molecule has 4 aromatic rings. The van der Waals surface area contributed by atoms with Gasteiger partial charge in [0.05, 0.1) is 25.2 Å². The highest BCUT2D eigenvalue weighted by Crippen LogP contribution is 2.33. The average molecular weight is 482 g/mol. The Morgan fingerprint density at radius 2 is 1.76 bits per heavy atom. The smallest absolute Gasteiger partial charge is 0.321 e. The Morgan fingerprint density at radius 1 is 1.00 bits per heavy atom. The minimum atomic E-state index is -3.92. The Balaban J connectivity index is 1.51. The molecule has 34 heavy (non-hydrogen) atoms. The van der Waals surface area contributed by atoms with Crippen molar-refractivity contribution >= 4 is 32.4 Å². The molecule has 4 rings (SSSR count). The van der Waals surface area contributed by atoms with Gasteiger partial charge < -0.3 is 19.9 Å². The zero-order valence-corrected chi connectivity index (χ0v) is 19.5. The molecule has 2 heterocycles. The SMILES string of the molecule is COc1cc(NS(=O)(=O)c2ccc(NC(C)c3ccc4cccnc4c3O)cc2)nc(OC)n1. The van der Waals surface area contributed by atoms with Crippen LogP contribution in [0, 0.1) is 0 Å². The fourth-order valence-electron chi connectivity index (χ4n) is 3.40. The van der Waals surface area contributed by atoms with Crippen LogP contribution in [0.4, 0.5) is 11.5 Å². The summed E-state index contributed by atoms with van der Waals surface area (Å²) in [7, 11) is -1.15. The van der Waals surface area contributed by atoms with E-state index in [9.17, 15) is 13.5 Å². The second-order valence-electron chi connectivity index (χ2n) is 7.36. The van der Waals surface area contributed by atoms with Crippen molar-refractivity contribution in [2.24, 2.45) is 0 Å². The number of fused-ring (bicyclic) bond motifs is 1. The summed E-state index contributed by atoms with van der Waals surface area (Å²) in [6.45, 7) is 1.89. The molecule has 1 unspecified atom stereocenters. The highest BCUT2D eigenvalue weighted by atomic mass is 32.2. The minimum absolute atomic E-state index is 0.0138. The molecule has 0 aliphatic carbocycles. The number of phenols is 1. The summed E-state index contributed by atoms with van der Waals surface area (Å²) in [5.74, 6) is 0.280. The maximum Gasteiger partial charge on any atom is 0.321 e. The molecule has 0 fully saturated rings. The number of hydrogen-bond acceptors (Lipinski definition) is 9. The number of aromatic nitrogens is 3. The quantitative estimate of drug-likeness (QED) is 0.344. The number of anilines is 2. The van der Waals surface area contributed by atoms with Gasteiger partial charge in [0.1, 0.15) is 11.3 Å². The van der Waals surface area contributed by atoms with Gasteiger partial charge in [-0.1, -0.05) is 18.2 Å². The first-order chi connectivity index (χ1) is 16.3. The number of aromatic hydroxyl groups is 1. The van der Waals surface area contributed by atoms with Gasteiger partial charge in [-0.25, -0.2) is 8.42 Å². The third kappa shape index (κ3) is 4.79. The van der Waals surface area contributed by atoms with Gasteiger partial charge in [0.25, 0.3) is 10.0 Å². The van der Waals surface area contributed by atoms with Gasteiger partial charge in [-0.3, -0.25) is 9.71 Å². The first-order valence-electron chi connectivity index (χ1n) is 10.2. The van der Waals surface area contributed by atoms with Crippen LogP contribution in [0.15, 0.2) is 65.7 Å². The monoisotopic (exact) mass is 481 g/mol. The molecule has 0 aliphatic heterocycles. The Morgan fingerprint density at radius 3 is 2.47 bits per heavy atom. The zero-order chi connectivity index (χ0) is 24.3. The number of phenolic OH excluding ortho intramolecular Hbond substituents is 1. The average Bonchev–Trinajstić information content (AvgIpc) is 2.84. The Labute approximate surface area is 196 Å². The van der Waals surface area contributed by atoms with E-state index in [0.29, 0.717) is 16.8 Å². The van der Waals surface area contributed by atoms with E-state index in [0.717, 1.165) is 5.39 Å². The van der Waals surface area contributed by atoms with E-state index in [1.165, 1.54) is 32.4 Å². The summed E-state index contributed by atoms with van der Waals surface area (Å²) in [6.07, 6.45) is 1.63. The van der Waals surface area contributed by atoms with Crippen LogP contribution in [-0.2, 0) is 10.0 Å². The van der Waals surface area contributed by atoms with Crippen molar-refractivity contribution in [3.63, 3.8) is 0 Å². The van der Waals surface area contributed by atoms with E-state index in [1.54, 1.807) is 18.3 Å². The molecular formula is C23H23N5O5S. The first-order valence-corrected chi connectivity index (χ1v) is 11.7. The molecule has 176 valence electrons. The second-order valence-corrected chi connectivity index (χ2v) is 9.04. The number of ether oxygens (including phenoxy) is 2. The maximum atomic E-state index is 12.8. The van der Waals surface area contributed by atoms with Gasteiger partial charge in [0.15, 0.2) is 5.82 Å². The number of nitrogens with zero attached hydrogens (tertiary/aromatic N) is 3. The third-order valence-corrected chi connectivity index (χ3v) is 6.48. The predicted octanol–water partition coefficient (Wildman–Crippen LogP) is 3.72. The van der Waals surface area contributed by atoms with Crippen molar-refractivity contribution in [1.82, 2.24) is 15.0 Å². The van der Waals surface area contributed by atoms with E-state index in [1.807, 2.05) is 31.2 Å². The Bertz CT molecular complexity index is 1410. The highest BCUT2D eigenvalue weighted by Gasteiger charge is 2.18. The van der Waals surface area contributed by atoms with Crippen LogP contribution in [0.3, 0.4) is 0 Å². The molecule has 1 atom stereocenters. The van der Waals surface area contributed by atoms with Crippen molar-refractivity contribution in [3.8, 4) is 17.6 Å². The number of hydrogen-bond donors (Lipinski definition) is 3. The molecule has 0 saturated carbocycles. The molecule has 11 heteroatoms. The Hall–Kier alpha value is -4.12. The fraction of sp³-hybridized carbons (Fsp3) is 0.174. The van der Waals surface area contributed by atoms with E-state index in [4.69, 9.17) is 9.47 Å². The van der Waals surface area contributed by atoms with Crippen LogP contribution in [0.25, 0.3) is 10.9 Å². The number of pyridine rings is 1. The van der Waals surface area contributed by atoms with E-state index in [2.05, 4.69) is 25.0 Å². The van der Waals surface area contributed by atoms with E-state index in [-0.39, 0.29) is 34.4 Å². The van der Waals surface area contributed by atoms with Crippen LogP contribution in [0.2, 0.25) is 0 Å². The predicted molar refractivity (Wildman–Crippen MR) is 128 cm³/mol. The lowest BCUT2D eigenvalue weighted by atomic mass is 10.0. The van der Waals surface area contributed by atoms with E-state index < -0.39 is 10.0 Å². The number of benzene rings is 2. The fourth-order valence-corrected chi connectivity index (χ4v) is 4.39. The summed E-state index contributed by atoms with van der Waals surface area (Å²) >= 11 is 0. The number of sulfonamides is 1. The topological polar surface area (TPSA) is 136 Å². The molecule has 0 radical (unpaired) electrons. The summed E-state index contributed by atoms with van der Waals surface area (Å²) in [5, 5.41) is 14.8. The Kier molecular flexibility index (Phi) is 6.37. The van der Waals surface area contributed by atoms with E-state index >= 15 is 0 Å². The maximum absolute atomic E-state index is 12.8. The molecule has 0 aliphatic rings. The highest BCUT2D eigenvalue weighted by molar-refractivity contribution is 7.92. The molecule has 0 amide bonds. The van der Waals surface area contributed by atoms with Crippen molar-refractivity contribution in [2.45, 2.75) is 17.9 Å². The number of rotatable bonds is 8. The minimum Gasteiger partial charge on any atom is -0.505 e. The van der Waals surface area contributed by atoms with Crippen molar-refractivity contribution in [3.05, 3.63) is 66.4 Å². The second kappa shape index (κ2) is 9.40. The van der Waals surface area contributed by atoms with Crippen LogP contribution < -0.4 is 19.5 Å². The van der Waals surface area contributed by atoms with Gasteiger partial charge in [-0.05, 0) is 37.3 Å². The third-order valence-electron chi connectivity index (χ3n) is 5.11. The summed E-state index contributed by atoms with van der Waals surface area (Å²) in [4.78, 5) is 12.2. The molecule has 10 nitrogen and oxygen atoms in total. The van der Waals surface area contributed by atoms with Crippen molar-refractivity contribution < 1.29 is 23.0 Å². The zero-order valence-electron chi connectivity index (χ0n) is 18.7. The lowest BCUT2D eigenvalue weighted by molar-refractivity contribution is 0.353. The van der Waals surface area contributed by atoms with Crippen LogP contribution >= 0.6 is 0 Å². The van der Waals surface area contributed by atoms with Crippen molar-refractivity contribution in [1.29, 1.82) is 0 Å². The lowest BCUT2D eigenvalue weighted by Gasteiger charge is -2.18. The van der Waals surface area contributed by atoms with Gasteiger partial charge in [-0.15, -0.1) is 0 Å². The molecule has 2 aromatic heterocycles. The van der Waals surface area contributed by atoms with Gasteiger partial charge in [-0.2, -0.15) is 9.97 Å². The van der Waals surface area contributed by atoms with Crippen LogP contribution in [0.5, 0.6) is 17.6 Å². The molecule has 2 aromatic carbocycles. The first kappa shape index (κ1) is 23.1. The number of methoxy groups -OCH3 is 2. The summed E-state index contributed by atoms with van der Waals surface area (Å²) in [5.41, 5.74) is 1.88. The summed E-state index contributed by atoms with van der Waals surface area (Å²) in [6, 6.07) is 14.7. The van der Waals surface area contributed by atoms with Crippen molar-refractivity contribution in [2.75, 3.05) is 24.3 Å². The normalized spacial score (nSPS) is 12.2. The summed E-state index contributed by atoms with van der Waals surface area (Å²) < 4.78 is 38.0. The standard InChI is InChI=1S/C23H23N5O5S/c1-14(18-11-6-15-5-4-12-24-21(15)22(18)29)25-16-7-9-17(10-8-16)34(30,31)28-19-13-20(32-2)27-23(26-19)33-3/h4-14,25,29H,1-3H3,(H,26,27,28). The number of nitrogens with one attached hydrogen (secondary N) is 2. The molecular weight excluding hydrogens is 458 g/mol. The molecule has 0 spiro atoms. The molecule has 3 N–H and O–H groups in total. The van der Waals surface area contributed by atoms with Crippen LogP contribution in [-0.4, -0.2) is 42.7 Å². The van der Waals surface area contributed by atoms with Crippen LogP contribution in [0.1, 0.15) is 18.5 Å². The molecule has 0 bridgehead atoms.